The van der Waals surface area contributed by atoms with E-state index in [2.05, 4.69) is 0 Å². The van der Waals surface area contributed by atoms with E-state index >= 15 is 0 Å². The lowest BCUT2D eigenvalue weighted by atomic mass is 10.2. The smallest absolute Gasteiger partial charge is 0.248 e. The van der Waals surface area contributed by atoms with Crippen LogP contribution in [-0.4, -0.2) is 34.3 Å². The van der Waals surface area contributed by atoms with Crippen LogP contribution >= 0.6 is 0 Å². The van der Waals surface area contributed by atoms with E-state index in [1.807, 2.05) is 24.1 Å². The highest BCUT2D eigenvalue weighted by Gasteiger charge is 2.28. The zero-order valence-corrected chi connectivity index (χ0v) is 10.3. The summed E-state index contributed by atoms with van der Waals surface area (Å²) in [7, 11) is -1.60. The highest BCUT2D eigenvalue weighted by atomic mass is 32.2. The number of sulfonamides is 1. The van der Waals surface area contributed by atoms with Crippen molar-refractivity contribution in [1.82, 2.24) is 0 Å². The summed E-state index contributed by atoms with van der Waals surface area (Å²) in [4.78, 5) is 2.01. The van der Waals surface area contributed by atoms with Crippen molar-refractivity contribution in [2.24, 2.45) is 0 Å². The lowest BCUT2D eigenvalue weighted by Gasteiger charge is -2.35. The van der Waals surface area contributed by atoms with E-state index in [1.54, 1.807) is 18.2 Å². The van der Waals surface area contributed by atoms with Gasteiger partial charge in [0.15, 0.2) is 5.75 Å². The van der Waals surface area contributed by atoms with Crippen molar-refractivity contribution in [3.8, 4) is 6.07 Å². The molecular weight excluding hydrogens is 238 g/mol. The summed E-state index contributed by atoms with van der Waals surface area (Å²) in [6, 6.07) is 9.02. The lowest BCUT2D eigenvalue weighted by molar-refractivity contribution is 0.592. The second-order valence-corrected chi connectivity index (χ2v) is 5.79. The molecule has 0 amide bonds. The summed E-state index contributed by atoms with van der Waals surface area (Å²) < 4.78 is 25.2. The molecule has 0 radical (unpaired) electrons. The van der Waals surface area contributed by atoms with Gasteiger partial charge in [0.2, 0.25) is 10.0 Å². The van der Waals surface area contributed by atoms with Gasteiger partial charge < -0.3 is 4.90 Å². The topological polar surface area (TPSA) is 64.4 Å². The molecule has 1 aliphatic heterocycles. The Hall–Kier alpha value is -1.74. The maximum absolute atomic E-state index is 11.9. The number of rotatable bonds is 2. The summed E-state index contributed by atoms with van der Waals surface area (Å²) in [5, 5.41) is 8.57. The van der Waals surface area contributed by atoms with Crippen molar-refractivity contribution in [3.63, 3.8) is 0 Å². The van der Waals surface area contributed by atoms with Gasteiger partial charge in [-0.1, -0.05) is 12.1 Å². The molecule has 2 rings (SSSR count). The van der Waals surface area contributed by atoms with E-state index in [-0.39, 0.29) is 0 Å². The van der Waals surface area contributed by atoms with Gasteiger partial charge in [-0.15, -0.1) is 0 Å². The van der Waals surface area contributed by atoms with E-state index < -0.39 is 15.8 Å². The van der Waals surface area contributed by atoms with Crippen molar-refractivity contribution in [2.75, 3.05) is 35.1 Å². The van der Waals surface area contributed by atoms with Gasteiger partial charge in [0.25, 0.3) is 0 Å². The van der Waals surface area contributed by atoms with Crippen molar-refractivity contribution < 1.29 is 8.42 Å². The zero-order chi connectivity index (χ0) is 12.5. The number of nitrogens with zero attached hydrogens (tertiary/aromatic N) is 3. The van der Waals surface area contributed by atoms with E-state index in [0.717, 1.165) is 5.69 Å². The molecule has 1 aliphatic rings. The van der Waals surface area contributed by atoms with Crippen LogP contribution in [0.25, 0.3) is 0 Å². The summed E-state index contributed by atoms with van der Waals surface area (Å²) in [6.07, 6.45) is 0. The van der Waals surface area contributed by atoms with Gasteiger partial charge in [0.05, 0.1) is 24.0 Å². The third kappa shape index (κ3) is 2.06. The first-order valence-corrected chi connectivity index (χ1v) is 6.85. The minimum absolute atomic E-state index is 0.386. The van der Waals surface area contributed by atoms with E-state index in [1.165, 1.54) is 4.31 Å². The second-order valence-electron chi connectivity index (χ2n) is 3.90. The van der Waals surface area contributed by atoms with Crippen molar-refractivity contribution in [2.45, 2.75) is 0 Å². The van der Waals surface area contributed by atoms with Crippen LogP contribution in [0.2, 0.25) is 0 Å². The molecule has 0 aromatic heterocycles. The summed E-state index contributed by atoms with van der Waals surface area (Å²) in [5.41, 5.74) is 1.52. The first-order chi connectivity index (χ1) is 8.06. The van der Waals surface area contributed by atoms with E-state index in [4.69, 9.17) is 5.26 Å². The SMILES string of the molecule is CN1CCN(S(=O)(=O)CC#N)c2ccccc21. The molecule has 0 saturated heterocycles. The Morgan fingerprint density at radius 2 is 1.94 bits per heavy atom. The minimum atomic E-state index is -3.52. The van der Waals surface area contributed by atoms with Crippen LogP contribution in [0, 0.1) is 11.3 Å². The maximum atomic E-state index is 11.9. The average Bonchev–Trinajstić information content (AvgIpc) is 2.29. The van der Waals surface area contributed by atoms with Crippen molar-refractivity contribution >= 4 is 21.4 Å². The zero-order valence-electron chi connectivity index (χ0n) is 9.50. The molecule has 90 valence electrons. The number of likely N-dealkylation sites (N-methyl/N-ethyl adjacent to an activating group) is 1. The standard InChI is InChI=1S/C11H13N3O2S/c1-13-7-8-14(17(15,16)9-6-12)11-5-3-2-4-10(11)13/h2-5H,7-9H2,1H3. The third-order valence-electron chi connectivity index (χ3n) is 2.78. The predicted octanol–water partition coefficient (Wildman–Crippen LogP) is 0.796. The number of fused-ring (bicyclic) bond motifs is 1. The monoisotopic (exact) mass is 251 g/mol. The van der Waals surface area contributed by atoms with Gasteiger partial charge in [-0.3, -0.25) is 4.31 Å². The maximum Gasteiger partial charge on any atom is 0.248 e. The number of benzene rings is 1. The molecule has 0 N–H and O–H groups in total. The van der Waals surface area contributed by atoms with Crippen LogP contribution in [0.1, 0.15) is 0 Å². The normalized spacial score (nSPS) is 15.3. The third-order valence-corrected chi connectivity index (χ3v) is 4.33. The molecule has 5 nitrogen and oxygen atoms in total. The van der Waals surface area contributed by atoms with Crippen LogP contribution in [0.4, 0.5) is 11.4 Å². The highest BCUT2D eigenvalue weighted by Crippen LogP contribution is 2.33. The fourth-order valence-electron chi connectivity index (χ4n) is 1.93. The lowest BCUT2D eigenvalue weighted by Crippen LogP contribution is -2.43. The summed E-state index contributed by atoms with van der Waals surface area (Å²) in [5.74, 6) is -0.481. The molecule has 0 saturated carbocycles. The molecule has 0 bridgehead atoms. The molecule has 0 fully saturated rings. The Bertz CT molecular complexity index is 562. The van der Waals surface area contributed by atoms with E-state index in [0.29, 0.717) is 18.8 Å². The highest BCUT2D eigenvalue weighted by molar-refractivity contribution is 7.93. The van der Waals surface area contributed by atoms with Gasteiger partial charge in [-0.2, -0.15) is 5.26 Å². The molecule has 0 unspecified atom stereocenters. The number of anilines is 2. The number of para-hydroxylation sites is 2. The summed E-state index contributed by atoms with van der Waals surface area (Å²) >= 11 is 0. The Morgan fingerprint density at radius 1 is 1.29 bits per heavy atom. The molecule has 0 atom stereocenters. The van der Waals surface area contributed by atoms with Crippen molar-refractivity contribution in [3.05, 3.63) is 24.3 Å². The Balaban J connectivity index is 2.48. The second kappa shape index (κ2) is 4.26. The number of nitriles is 1. The van der Waals surface area contributed by atoms with E-state index in [9.17, 15) is 8.42 Å². The van der Waals surface area contributed by atoms with Gasteiger partial charge in [0.1, 0.15) is 0 Å². The molecule has 0 aliphatic carbocycles. The molecule has 1 heterocycles. The molecule has 17 heavy (non-hydrogen) atoms. The van der Waals surface area contributed by atoms with Gasteiger partial charge >= 0.3 is 0 Å². The summed E-state index contributed by atoms with van der Waals surface area (Å²) in [6.45, 7) is 1.01. The molecule has 0 spiro atoms. The van der Waals surface area contributed by atoms with Crippen LogP contribution in [-0.2, 0) is 10.0 Å². The molecule has 1 aromatic carbocycles. The molecule has 1 aromatic rings. The first-order valence-electron chi connectivity index (χ1n) is 5.24. The van der Waals surface area contributed by atoms with Gasteiger partial charge in [0, 0.05) is 13.6 Å². The van der Waals surface area contributed by atoms with Crippen LogP contribution < -0.4 is 9.21 Å². The fraction of sp³-hybridized carbons (Fsp3) is 0.364. The van der Waals surface area contributed by atoms with Gasteiger partial charge in [-0.05, 0) is 12.1 Å². The molecule has 6 heteroatoms. The van der Waals surface area contributed by atoms with Crippen molar-refractivity contribution in [1.29, 1.82) is 5.26 Å². The van der Waals surface area contributed by atoms with Crippen LogP contribution in [0.3, 0.4) is 0 Å². The minimum Gasteiger partial charge on any atom is -0.371 e. The first kappa shape index (κ1) is 11.7. The Labute approximate surface area is 101 Å². The predicted molar refractivity (Wildman–Crippen MR) is 66.5 cm³/mol. The molecular formula is C11H13N3O2S. The number of hydrogen-bond acceptors (Lipinski definition) is 4. The van der Waals surface area contributed by atoms with Crippen LogP contribution in [0.15, 0.2) is 24.3 Å². The fourth-order valence-corrected chi connectivity index (χ4v) is 3.06. The quantitative estimate of drug-likeness (QED) is 0.779. The van der Waals surface area contributed by atoms with Gasteiger partial charge in [-0.25, -0.2) is 8.42 Å². The average molecular weight is 251 g/mol. The Kier molecular flexibility index (Phi) is 2.94. The number of hydrogen-bond donors (Lipinski definition) is 0. The Morgan fingerprint density at radius 3 is 2.59 bits per heavy atom. The van der Waals surface area contributed by atoms with Crippen LogP contribution in [0.5, 0.6) is 0 Å². The largest absolute Gasteiger partial charge is 0.371 e.